The van der Waals surface area contributed by atoms with Crippen molar-refractivity contribution < 1.29 is 19.4 Å². The van der Waals surface area contributed by atoms with Gasteiger partial charge in [-0.05, 0) is 19.3 Å². The van der Waals surface area contributed by atoms with Gasteiger partial charge in [-0.25, -0.2) is 4.79 Å². The molecule has 0 saturated carbocycles. The van der Waals surface area contributed by atoms with Gasteiger partial charge in [0.05, 0.1) is 6.61 Å². The lowest BCUT2D eigenvalue weighted by Crippen LogP contribution is -2.34. The lowest BCUT2D eigenvalue weighted by molar-refractivity contribution is -0.137. The summed E-state index contributed by atoms with van der Waals surface area (Å²) in [6.07, 6.45) is -0.0285. The first-order chi connectivity index (χ1) is 6.91. The number of carbonyl (C=O) groups is 2. The molecule has 0 bridgehead atoms. The van der Waals surface area contributed by atoms with E-state index in [1.54, 1.807) is 6.92 Å². The molecule has 0 heterocycles. The maximum Gasteiger partial charge on any atom is 0.407 e. The van der Waals surface area contributed by atoms with Gasteiger partial charge in [0.15, 0.2) is 0 Å². The van der Waals surface area contributed by atoms with Crippen LogP contribution in [0.5, 0.6) is 0 Å². The molecule has 0 aromatic carbocycles. The molecular weight excluding hydrogens is 198 g/mol. The summed E-state index contributed by atoms with van der Waals surface area (Å²) >= 11 is 0. The fourth-order valence-electron chi connectivity index (χ4n) is 0.897. The predicted molar refractivity (Wildman–Crippen MR) is 55.7 cm³/mol. The lowest BCUT2D eigenvalue weighted by Gasteiger charge is -2.13. The number of carboxylic acids is 1. The van der Waals surface area contributed by atoms with Crippen LogP contribution in [0.4, 0.5) is 4.79 Å². The molecule has 5 nitrogen and oxygen atoms in total. The van der Waals surface area contributed by atoms with Crippen LogP contribution < -0.4 is 5.32 Å². The highest BCUT2D eigenvalue weighted by Crippen LogP contribution is 1.98. The molecule has 0 aliphatic rings. The van der Waals surface area contributed by atoms with Gasteiger partial charge in [-0.3, -0.25) is 4.79 Å². The predicted octanol–water partition coefficient (Wildman–Crippen LogP) is 1.62. The smallest absolute Gasteiger partial charge is 0.407 e. The first-order valence-electron chi connectivity index (χ1n) is 5.07. The fourth-order valence-corrected chi connectivity index (χ4v) is 0.897. The van der Waals surface area contributed by atoms with Crippen LogP contribution in [0.1, 0.15) is 33.6 Å². The number of hydrogen-bond acceptors (Lipinski definition) is 3. The minimum Gasteiger partial charge on any atom is -0.481 e. The molecule has 0 fully saturated rings. The molecule has 0 spiro atoms. The summed E-state index contributed by atoms with van der Waals surface area (Å²) in [6, 6.07) is -0.180. The van der Waals surface area contributed by atoms with Crippen LogP contribution >= 0.6 is 0 Å². The van der Waals surface area contributed by atoms with Crippen molar-refractivity contribution in [2.45, 2.75) is 39.7 Å². The first-order valence-corrected chi connectivity index (χ1v) is 5.07. The Balaban J connectivity index is 3.62. The highest BCUT2D eigenvalue weighted by atomic mass is 16.5. The molecule has 0 aliphatic heterocycles. The normalized spacial score (nSPS) is 12.3. The molecule has 0 aromatic heterocycles. The van der Waals surface area contributed by atoms with Crippen molar-refractivity contribution in [1.82, 2.24) is 5.32 Å². The van der Waals surface area contributed by atoms with Gasteiger partial charge < -0.3 is 15.2 Å². The van der Waals surface area contributed by atoms with Crippen LogP contribution in [-0.4, -0.2) is 29.8 Å². The zero-order chi connectivity index (χ0) is 11.8. The number of carboxylic acid groups (broad SMARTS) is 1. The minimum atomic E-state index is -0.862. The Morgan fingerprint density at radius 2 is 1.93 bits per heavy atom. The Labute approximate surface area is 89.8 Å². The van der Waals surface area contributed by atoms with Crippen molar-refractivity contribution in [2.24, 2.45) is 5.92 Å². The van der Waals surface area contributed by atoms with Crippen molar-refractivity contribution in [1.29, 1.82) is 0 Å². The Morgan fingerprint density at radius 3 is 2.40 bits per heavy atom. The van der Waals surface area contributed by atoms with Crippen LogP contribution in [0.25, 0.3) is 0 Å². The SMILES string of the molecule is CC(C)COC(=O)NC(C)CCC(=O)O. The number of nitrogens with one attached hydrogen (secondary N) is 1. The summed E-state index contributed by atoms with van der Waals surface area (Å²) in [5.74, 6) is -0.565. The van der Waals surface area contributed by atoms with E-state index in [0.717, 1.165) is 0 Å². The van der Waals surface area contributed by atoms with E-state index in [2.05, 4.69) is 5.32 Å². The summed E-state index contributed by atoms with van der Waals surface area (Å²) in [5, 5.41) is 11.0. The Kier molecular flexibility index (Phi) is 6.49. The quantitative estimate of drug-likeness (QED) is 0.709. The Morgan fingerprint density at radius 1 is 1.33 bits per heavy atom. The summed E-state index contributed by atoms with van der Waals surface area (Å²) < 4.78 is 4.88. The zero-order valence-corrected chi connectivity index (χ0v) is 9.45. The van der Waals surface area contributed by atoms with E-state index in [1.807, 2.05) is 13.8 Å². The number of hydrogen-bond donors (Lipinski definition) is 2. The van der Waals surface area contributed by atoms with Crippen molar-refractivity contribution in [2.75, 3.05) is 6.61 Å². The first kappa shape index (κ1) is 13.7. The van der Waals surface area contributed by atoms with Crippen LogP contribution in [0.15, 0.2) is 0 Å². The van der Waals surface area contributed by atoms with Gasteiger partial charge in [-0.2, -0.15) is 0 Å². The minimum absolute atomic E-state index is 0.0472. The van der Waals surface area contributed by atoms with E-state index in [9.17, 15) is 9.59 Å². The van der Waals surface area contributed by atoms with Gasteiger partial charge >= 0.3 is 12.1 Å². The van der Waals surface area contributed by atoms with E-state index < -0.39 is 12.1 Å². The zero-order valence-electron chi connectivity index (χ0n) is 9.45. The monoisotopic (exact) mass is 217 g/mol. The molecule has 0 saturated heterocycles. The highest BCUT2D eigenvalue weighted by Gasteiger charge is 2.10. The third-order valence-corrected chi connectivity index (χ3v) is 1.70. The second-order valence-corrected chi connectivity index (χ2v) is 3.97. The Bertz CT molecular complexity index is 215. The van der Waals surface area contributed by atoms with Crippen LogP contribution in [0.2, 0.25) is 0 Å². The molecule has 88 valence electrons. The molecule has 5 heteroatoms. The Hall–Kier alpha value is -1.26. The van der Waals surface area contributed by atoms with Gasteiger partial charge in [0, 0.05) is 12.5 Å². The van der Waals surface area contributed by atoms with E-state index in [1.165, 1.54) is 0 Å². The lowest BCUT2D eigenvalue weighted by atomic mass is 10.2. The topological polar surface area (TPSA) is 75.6 Å². The standard InChI is InChI=1S/C10H19NO4/c1-7(2)6-15-10(14)11-8(3)4-5-9(12)13/h7-8H,4-6H2,1-3H3,(H,11,14)(H,12,13). The maximum atomic E-state index is 11.1. The highest BCUT2D eigenvalue weighted by molar-refractivity contribution is 5.68. The molecule has 15 heavy (non-hydrogen) atoms. The molecule has 2 N–H and O–H groups in total. The summed E-state index contributed by atoms with van der Waals surface area (Å²) in [6.45, 7) is 6.01. The van der Waals surface area contributed by atoms with Crippen molar-refractivity contribution in [3.63, 3.8) is 0 Å². The number of ether oxygens (including phenoxy) is 1. The summed E-state index contributed by atoms with van der Waals surface area (Å²) in [7, 11) is 0. The average molecular weight is 217 g/mol. The molecule has 0 aliphatic carbocycles. The molecule has 1 unspecified atom stereocenters. The van der Waals surface area contributed by atoms with E-state index in [0.29, 0.717) is 18.9 Å². The maximum absolute atomic E-state index is 11.1. The number of rotatable bonds is 6. The van der Waals surface area contributed by atoms with Gasteiger partial charge in [-0.1, -0.05) is 13.8 Å². The third kappa shape index (κ3) is 9.05. The van der Waals surface area contributed by atoms with Crippen LogP contribution in [0, 0.1) is 5.92 Å². The molecule has 1 amide bonds. The molecule has 0 rings (SSSR count). The molecule has 0 aromatic rings. The van der Waals surface area contributed by atoms with Crippen molar-refractivity contribution >= 4 is 12.1 Å². The number of alkyl carbamates (subject to hydrolysis) is 1. The average Bonchev–Trinajstić information content (AvgIpc) is 2.11. The second-order valence-electron chi connectivity index (χ2n) is 3.97. The summed E-state index contributed by atoms with van der Waals surface area (Å²) in [5.41, 5.74) is 0. The number of aliphatic carboxylic acids is 1. The second kappa shape index (κ2) is 7.09. The van der Waals surface area contributed by atoms with E-state index in [-0.39, 0.29) is 12.5 Å². The fraction of sp³-hybridized carbons (Fsp3) is 0.800. The van der Waals surface area contributed by atoms with Crippen molar-refractivity contribution in [3.8, 4) is 0 Å². The number of carbonyl (C=O) groups excluding carboxylic acids is 1. The van der Waals surface area contributed by atoms with Crippen molar-refractivity contribution in [3.05, 3.63) is 0 Å². The van der Waals surface area contributed by atoms with E-state index >= 15 is 0 Å². The molecule has 0 radical (unpaired) electrons. The largest absolute Gasteiger partial charge is 0.481 e. The molecular formula is C10H19NO4. The number of amides is 1. The van der Waals surface area contributed by atoms with Gasteiger partial charge in [0.1, 0.15) is 0 Å². The third-order valence-electron chi connectivity index (χ3n) is 1.70. The van der Waals surface area contributed by atoms with Gasteiger partial charge in [-0.15, -0.1) is 0 Å². The van der Waals surface area contributed by atoms with E-state index in [4.69, 9.17) is 9.84 Å². The molecule has 1 atom stereocenters. The van der Waals surface area contributed by atoms with Gasteiger partial charge in [0.25, 0.3) is 0 Å². The van der Waals surface area contributed by atoms with Crippen LogP contribution in [-0.2, 0) is 9.53 Å². The van der Waals surface area contributed by atoms with Crippen LogP contribution in [0.3, 0.4) is 0 Å². The summed E-state index contributed by atoms with van der Waals surface area (Å²) in [4.78, 5) is 21.4. The van der Waals surface area contributed by atoms with Gasteiger partial charge in [0.2, 0.25) is 0 Å².